The van der Waals surface area contributed by atoms with E-state index < -0.39 is 5.41 Å². The highest BCUT2D eigenvalue weighted by Gasteiger charge is 2.59. The molecule has 160 valence electrons. The van der Waals surface area contributed by atoms with Crippen LogP contribution in [0.2, 0.25) is 0 Å². The number of fused-ring (bicyclic) bond motifs is 3. The molecule has 0 bridgehead atoms. The van der Waals surface area contributed by atoms with Crippen LogP contribution in [0.25, 0.3) is 11.0 Å². The van der Waals surface area contributed by atoms with Crippen LogP contribution in [-0.2, 0) is 28.0 Å². The van der Waals surface area contributed by atoms with Crippen LogP contribution in [0, 0.1) is 5.82 Å². The Morgan fingerprint density at radius 3 is 2.71 bits per heavy atom. The number of amides is 1. The number of rotatable bonds is 4. The highest BCUT2D eigenvalue weighted by molar-refractivity contribution is 6.10. The van der Waals surface area contributed by atoms with Crippen molar-refractivity contribution in [2.75, 3.05) is 18.1 Å². The molecule has 1 saturated heterocycles. The molecule has 1 amide bonds. The number of nitrogens with zero attached hydrogens (tertiary/aromatic N) is 3. The van der Waals surface area contributed by atoms with Crippen molar-refractivity contribution in [1.82, 2.24) is 9.55 Å². The van der Waals surface area contributed by atoms with Crippen LogP contribution in [0.3, 0.4) is 0 Å². The summed E-state index contributed by atoms with van der Waals surface area (Å²) in [7, 11) is 0. The first-order valence-electron chi connectivity index (χ1n) is 11.0. The van der Waals surface area contributed by atoms with Crippen molar-refractivity contribution in [3.8, 4) is 0 Å². The summed E-state index contributed by atoms with van der Waals surface area (Å²) < 4.78 is 22.0. The second kappa shape index (κ2) is 6.87. The van der Waals surface area contributed by atoms with Gasteiger partial charge in [-0.05, 0) is 61.1 Å². The molecule has 1 spiro atoms. The zero-order valence-corrected chi connectivity index (χ0v) is 17.3. The normalized spacial score (nSPS) is 20.1. The summed E-state index contributed by atoms with van der Waals surface area (Å²) in [5.74, 6) is 0.582. The minimum Gasteiger partial charge on any atom is -0.381 e. The molecule has 31 heavy (non-hydrogen) atoms. The fourth-order valence-corrected chi connectivity index (χ4v) is 5.31. The van der Waals surface area contributed by atoms with Crippen LogP contribution >= 0.6 is 0 Å². The molecule has 2 aliphatic heterocycles. The second-order valence-electron chi connectivity index (χ2n) is 8.90. The lowest BCUT2D eigenvalue weighted by molar-refractivity contribution is -0.120. The van der Waals surface area contributed by atoms with Crippen LogP contribution in [0.5, 0.6) is 0 Å². The number of halogens is 1. The maximum Gasteiger partial charge on any atom is 0.238 e. The molecule has 6 rings (SSSR count). The minimum absolute atomic E-state index is 0.0707. The van der Waals surface area contributed by atoms with Crippen molar-refractivity contribution < 1.29 is 13.9 Å². The number of nitrogens with two attached hydrogens (primary N) is 1. The van der Waals surface area contributed by atoms with Crippen molar-refractivity contribution in [2.45, 2.75) is 50.2 Å². The molecule has 7 heteroatoms. The van der Waals surface area contributed by atoms with Crippen molar-refractivity contribution in [3.05, 3.63) is 59.2 Å². The third kappa shape index (κ3) is 2.83. The lowest BCUT2D eigenvalue weighted by atomic mass is 9.98. The molecule has 2 aromatic carbocycles. The Bertz CT molecular complexity index is 1190. The first-order chi connectivity index (χ1) is 15.1. The van der Waals surface area contributed by atoms with E-state index in [4.69, 9.17) is 15.5 Å². The zero-order chi connectivity index (χ0) is 21.2. The third-order valence-electron chi connectivity index (χ3n) is 7.09. The molecule has 0 radical (unpaired) electrons. The van der Waals surface area contributed by atoms with Gasteiger partial charge in [-0.25, -0.2) is 9.37 Å². The van der Waals surface area contributed by atoms with Gasteiger partial charge in [-0.15, -0.1) is 0 Å². The van der Waals surface area contributed by atoms with Gasteiger partial charge in [0.2, 0.25) is 5.91 Å². The highest BCUT2D eigenvalue weighted by Crippen LogP contribution is 2.57. The average Bonchev–Trinajstić information content (AvgIpc) is 3.47. The van der Waals surface area contributed by atoms with Crippen LogP contribution in [0.1, 0.15) is 48.7 Å². The minimum atomic E-state index is -0.453. The monoisotopic (exact) mass is 420 g/mol. The standard InChI is InChI=1S/C24H25FN4O2/c25-16-2-3-18-21(12-16)28(23(30)24(18)7-8-24)14-22-27-19-11-15(13-26)1-4-20(19)29(22)17-5-9-31-10-6-17/h1-4,11-12,17H,5-10,13-14,26H2. The van der Waals surface area contributed by atoms with Crippen molar-refractivity contribution in [3.63, 3.8) is 0 Å². The van der Waals surface area contributed by atoms with Gasteiger partial charge >= 0.3 is 0 Å². The maximum absolute atomic E-state index is 14.1. The average molecular weight is 420 g/mol. The Kier molecular flexibility index (Phi) is 4.20. The van der Waals surface area contributed by atoms with Gasteiger partial charge in [-0.2, -0.15) is 0 Å². The topological polar surface area (TPSA) is 73.4 Å². The van der Waals surface area contributed by atoms with E-state index in [-0.39, 0.29) is 17.8 Å². The zero-order valence-electron chi connectivity index (χ0n) is 17.3. The molecule has 0 atom stereocenters. The molecule has 1 saturated carbocycles. The quantitative estimate of drug-likeness (QED) is 0.700. The van der Waals surface area contributed by atoms with E-state index in [1.807, 2.05) is 12.1 Å². The van der Waals surface area contributed by atoms with E-state index in [1.165, 1.54) is 12.1 Å². The van der Waals surface area contributed by atoms with E-state index in [2.05, 4.69) is 10.6 Å². The van der Waals surface area contributed by atoms with Crippen LogP contribution in [-0.4, -0.2) is 28.7 Å². The van der Waals surface area contributed by atoms with Gasteiger partial charge in [-0.3, -0.25) is 4.79 Å². The number of carbonyl (C=O) groups is 1. The lowest BCUT2D eigenvalue weighted by Crippen LogP contribution is -2.33. The van der Waals surface area contributed by atoms with Gasteiger partial charge in [0, 0.05) is 25.8 Å². The number of hydrogen-bond donors (Lipinski definition) is 1. The van der Waals surface area contributed by atoms with Crippen LogP contribution in [0.4, 0.5) is 10.1 Å². The van der Waals surface area contributed by atoms with Gasteiger partial charge in [0.05, 0.1) is 28.7 Å². The molecule has 6 nitrogen and oxygen atoms in total. The van der Waals surface area contributed by atoms with E-state index in [0.29, 0.717) is 32.0 Å². The van der Waals surface area contributed by atoms with E-state index in [0.717, 1.165) is 53.7 Å². The first-order valence-corrected chi connectivity index (χ1v) is 11.0. The molecule has 3 aromatic rings. The fraction of sp³-hybridized carbons (Fsp3) is 0.417. The molecule has 2 N–H and O–H groups in total. The van der Waals surface area contributed by atoms with Crippen LogP contribution in [0.15, 0.2) is 36.4 Å². The van der Waals surface area contributed by atoms with Gasteiger partial charge in [0.15, 0.2) is 0 Å². The second-order valence-corrected chi connectivity index (χ2v) is 8.90. The fourth-order valence-electron chi connectivity index (χ4n) is 5.31. The largest absolute Gasteiger partial charge is 0.381 e. The Morgan fingerprint density at radius 1 is 1.16 bits per heavy atom. The number of benzene rings is 2. The number of aromatic nitrogens is 2. The summed E-state index contributed by atoms with van der Waals surface area (Å²) in [6.07, 6.45) is 3.47. The molecule has 2 fully saturated rings. The van der Waals surface area contributed by atoms with Gasteiger partial charge in [0.1, 0.15) is 11.6 Å². The van der Waals surface area contributed by atoms with Gasteiger partial charge in [-0.1, -0.05) is 12.1 Å². The number of hydrogen-bond acceptors (Lipinski definition) is 4. The summed E-state index contributed by atoms with van der Waals surface area (Å²) >= 11 is 0. The summed E-state index contributed by atoms with van der Waals surface area (Å²) in [6.45, 7) is 2.21. The Balaban J connectivity index is 1.46. The molecular weight excluding hydrogens is 395 g/mol. The number of carbonyl (C=O) groups excluding carboxylic acids is 1. The Hall–Kier alpha value is -2.77. The van der Waals surface area contributed by atoms with Crippen LogP contribution < -0.4 is 10.6 Å². The molecule has 0 unspecified atom stereocenters. The van der Waals surface area contributed by atoms with E-state index >= 15 is 0 Å². The Labute approximate surface area is 179 Å². The molecule has 1 aromatic heterocycles. The van der Waals surface area contributed by atoms with Crippen molar-refractivity contribution in [2.24, 2.45) is 5.73 Å². The van der Waals surface area contributed by atoms with Gasteiger partial charge in [0.25, 0.3) is 0 Å². The maximum atomic E-state index is 14.1. The van der Waals surface area contributed by atoms with E-state index in [9.17, 15) is 9.18 Å². The van der Waals surface area contributed by atoms with Gasteiger partial charge < -0.3 is 19.9 Å². The number of imidazole rings is 1. The SMILES string of the molecule is NCc1ccc2c(c1)nc(CN1C(=O)C3(CC3)c3ccc(F)cc31)n2C1CCOCC1. The number of ether oxygens (including phenoxy) is 1. The van der Waals surface area contributed by atoms with Crippen molar-refractivity contribution >= 4 is 22.6 Å². The third-order valence-corrected chi connectivity index (χ3v) is 7.09. The predicted molar refractivity (Wildman–Crippen MR) is 115 cm³/mol. The summed E-state index contributed by atoms with van der Waals surface area (Å²) in [5.41, 5.74) is 10.00. The molecule has 3 aliphatic rings. The smallest absolute Gasteiger partial charge is 0.238 e. The Morgan fingerprint density at radius 2 is 1.97 bits per heavy atom. The van der Waals surface area contributed by atoms with Crippen molar-refractivity contribution in [1.29, 1.82) is 0 Å². The summed E-state index contributed by atoms with van der Waals surface area (Å²) in [5, 5.41) is 0. The molecule has 3 heterocycles. The molecule has 1 aliphatic carbocycles. The summed E-state index contributed by atoms with van der Waals surface area (Å²) in [6, 6.07) is 11.1. The lowest BCUT2D eigenvalue weighted by Gasteiger charge is -2.27. The van der Waals surface area contributed by atoms with E-state index in [1.54, 1.807) is 11.0 Å². The molecular formula is C24H25FN4O2. The highest BCUT2D eigenvalue weighted by atomic mass is 19.1. The number of anilines is 1. The first kappa shape index (κ1) is 19.0. The summed E-state index contributed by atoms with van der Waals surface area (Å²) in [4.78, 5) is 20.1. The predicted octanol–water partition coefficient (Wildman–Crippen LogP) is 3.56.